The molecule has 0 atom stereocenters. The van der Waals surface area contributed by atoms with Crippen molar-refractivity contribution >= 4 is 11.4 Å². The van der Waals surface area contributed by atoms with Crippen LogP contribution in [0.15, 0.2) is 48.8 Å². The van der Waals surface area contributed by atoms with Crippen LogP contribution in [0, 0.1) is 0 Å². The van der Waals surface area contributed by atoms with Crippen LogP contribution in [-0.4, -0.2) is 17.3 Å². The van der Waals surface area contributed by atoms with E-state index in [2.05, 4.69) is 37.1 Å². The molecule has 2 heteroatoms. The maximum absolute atomic E-state index is 12.7. The molecular formula is C15H17FN+. The average molecular weight is 230 g/mol. The van der Waals surface area contributed by atoms with E-state index in [-0.39, 0.29) is 5.41 Å². The van der Waals surface area contributed by atoms with Gasteiger partial charge in [0.05, 0.1) is 5.41 Å². The summed E-state index contributed by atoms with van der Waals surface area (Å²) in [5.41, 5.74) is 3.43. The van der Waals surface area contributed by atoms with Gasteiger partial charge in [0, 0.05) is 17.7 Å². The SMILES string of the molecule is C=C(F)/C=C/C1=[N+](C)c2ccccc2C1(C)C. The van der Waals surface area contributed by atoms with E-state index in [4.69, 9.17) is 0 Å². The first-order valence-corrected chi connectivity index (χ1v) is 5.67. The molecule has 0 bridgehead atoms. The van der Waals surface area contributed by atoms with Crippen LogP contribution < -0.4 is 0 Å². The van der Waals surface area contributed by atoms with Crippen LogP contribution in [0.3, 0.4) is 0 Å². The van der Waals surface area contributed by atoms with Crippen LogP contribution in [0.4, 0.5) is 10.1 Å². The van der Waals surface area contributed by atoms with Crippen molar-refractivity contribution in [3.05, 3.63) is 54.4 Å². The standard InChI is InChI=1S/C15H17FN/c1-11(16)9-10-14-15(2,3)12-7-5-6-8-13(12)17(14)4/h5-10H,1H2,2-4H3/q+1/b10-9+. The normalized spacial score (nSPS) is 17.6. The van der Waals surface area contributed by atoms with Gasteiger partial charge in [-0.3, -0.25) is 0 Å². The summed E-state index contributed by atoms with van der Waals surface area (Å²) in [6.07, 6.45) is 3.22. The zero-order valence-electron chi connectivity index (χ0n) is 10.5. The predicted molar refractivity (Wildman–Crippen MR) is 69.7 cm³/mol. The molecule has 0 saturated carbocycles. The van der Waals surface area contributed by atoms with Gasteiger partial charge in [0.2, 0.25) is 5.69 Å². The fourth-order valence-corrected chi connectivity index (χ4v) is 2.47. The summed E-state index contributed by atoms with van der Waals surface area (Å²) in [6.45, 7) is 7.55. The highest BCUT2D eigenvalue weighted by Gasteiger charge is 2.42. The van der Waals surface area contributed by atoms with E-state index >= 15 is 0 Å². The molecule has 0 aromatic heterocycles. The first kappa shape index (κ1) is 11.8. The van der Waals surface area contributed by atoms with Gasteiger partial charge < -0.3 is 0 Å². The molecule has 88 valence electrons. The number of allylic oxidation sites excluding steroid dienone is 3. The minimum atomic E-state index is -0.419. The third kappa shape index (κ3) is 1.84. The smallest absolute Gasteiger partial charge is 0.208 e. The third-order valence-electron chi connectivity index (χ3n) is 3.36. The summed E-state index contributed by atoms with van der Waals surface area (Å²) >= 11 is 0. The van der Waals surface area contributed by atoms with Gasteiger partial charge in [0.1, 0.15) is 12.9 Å². The van der Waals surface area contributed by atoms with E-state index in [1.54, 1.807) is 0 Å². The predicted octanol–water partition coefficient (Wildman–Crippen LogP) is 3.73. The second-order valence-corrected chi connectivity index (χ2v) is 4.87. The summed E-state index contributed by atoms with van der Waals surface area (Å²) < 4.78 is 14.9. The van der Waals surface area contributed by atoms with E-state index < -0.39 is 5.83 Å². The van der Waals surface area contributed by atoms with E-state index in [0.29, 0.717) is 0 Å². The van der Waals surface area contributed by atoms with Crippen LogP contribution in [0.2, 0.25) is 0 Å². The van der Waals surface area contributed by atoms with Crippen molar-refractivity contribution in [2.24, 2.45) is 0 Å². The Morgan fingerprint density at radius 1 is 1.35 bits per heavy atom. The molecule has 0 radical (unpaired) electrons. The third-order valence-corrected chi connectivity index (χ3v) is 3.36. The molecule has 2 rings (SSSR count). The maximum atomic E-state index is 12.7. The van der Waals surface area contributed by atoms with Gasteiger partial charge >= 0.3 is 0 Å². The molecular weight excluding hydrogens is 213 g/mol. The van der Waals surface area contributed by atoms with Crippen LogP contribution in [0.5, 0.6) is 0 Å². The molecule has 0 saturated heterocycles. The van der Waals surface area contributed by atoms with Crippen LogP contribution >= 0.6 is 0 Å². The Morgan fingerprint density at radius 3 is 2.59 bits per heavy atom. The van der Waals surface area contributed by atoms with Crippen LogP contribution in [-0.2, 0) is 5.41 Å². The van der Waals surface area contributed by atoms with Crippen molar-refractivity contribution in [3.8, 4) is 0 Å². The number of fused-ring (bicyclic) bond motifs is 1. The molecule has 0 unspecified atom stereocenters. The number of hydrogen-bond acceptors (Lipinski definition) is 0. The molecule has 0 spiro atoms. The fraction of sp³-hybridized carbons (Fsp3) is 0.267. The highest BCUT2D eigenvalue weighted by atomic mass is 19.1. The fourth-order valence-electron chi connectivity index (χ4n) is 2.47. The van der Waals surface area contributed by atoms with Crippen molar-refractivity contribution in [2.45, 2.75) is 19.3 Å². The number of rotatable bonds is 2. The van der Waals surface area contributed by atoms with Crippen molar-refractivity contribution in [2.75, 3.05) is 7.05 Å². The lowest BCUT2D eigenvalue weighted by Gasteiger charge is -2.14. The largest absolute Gasteiger partial charge is 0.209 e. The first-order chi connectivity index (χ1) is 7.94. The Kier molecular flexibility index (Phi) is 2.74. The van der Waals surface area contributed by atoms with E-state index in [9.17, 15) is 4.39 Å². The van der Waals surface area contributed by atoms with Crippen molar-refractivity contribution in [1.82, 2.24) is 0 Å². The molecule has 0 fully saturated rings. The monoisotopic (exact) mass is 230 g/mol. The van der Waals surface area contributed by atoms with Crippen LogP contribution in [0.1, 0.15) is 19.4 Å². The van der Waals surface area contributed by atoms with Crippen molar-refractivity contribution in [1.29, 1.82) is 0 Å². The summed E-state index contributed by atoms with van der Waals surface area (Å²) in [5.74, 6) is -0.419. The lowest BCUT2D eigenvalue weighted by molar-refractivity contribution is -0.401. The van der Waals surface area contributed by atoms with Gasteiger partial charge in [-0.2, -0.15) is 4.58 Å². The number of halogens is 1. The van der Waals surface area contributed by atoms with E-state index in [0.717, 1.165) is 5.71 Å². The molecule has 1 aromatic rings. The topological polar surface area (TPSA) is 3.01 Å². The number of benzene rings is 1. The zero-order valence-corrected chi connectivity index (χ0v) is 10.5. The van der Waals surface area contributed by atoms with Gasteiger partial charge in [-0.15, -0.1) is 0 Å². The second-order valence-electron chi connectivity index (χ2n) is 4.87. The maximum Gasteiger partial charge on any atom is 0.209 e. The summed E-state index contributed by atoms with van der Waals surface area (Å²) in [7, 11) is 2.01. The van der Waals surface area contributed by atoms with Gasteiger partial charge in [0.15, 0.2) is 5.71 Å². The number of para-hydroxylation sites is 1. The summed E-state index contributed by atoms with van der Waals surface area (Å²) in [6, 6.07) is 8.26. The number of hydrogen-bond donors (Lipinski definition) is 0. The summed E-state index contributed by atoms with van der Waals surface area (Å²) in [4.78, 5) is 0. The molecule has 1 heterocycles. The van der Waals surface area contributed by atoms with Gasteiger partial charge in [-0.1, -0.05) is 24.8 Å². The minimum absolute atomic E-state index is 0.0999. The first-order valence-electron chi connectivity index (χ1n) is 5.67. The zero-order chi connectivity index (χ0) is 12.6. The van der Waals surface area contributed by atoms with Gasteiger partial charge in [-0.25, -0.2) is 4.39 Å². The minimum Gasteiger partial charge on any atom is -0.208 e. The van der Waals surface area contributed by atoms with Crippen molar-refractivity contribution in [3.63, 3.8) is 0 Å². The Hall–Kier alpha value is -1.70. The Bertz CT molecular complexity index is 536. The second kappa shape index (κ2) is 3.95. The molecule has 1 aromatic carbocycles. The van der Waals surface area contributed by atoms with Crippen LogP contribution in [0.25, 0.3) is 0 Å². The highest BCUT2D eigenvalue weighted by molar-refractivity contribution is 6.03. The molecule has 0 amide bonds. The Morgan fingerprint density at radius 2 is 2.00 bits per heavy atom. The van der Waals surface area contributed by atoms with Crippen molar-refractivity contribution < 1.29 is 8.97 Å². The molecule has 1 aliphatic heterocycles. The lowest BCUT2D eigenvalue weighted by atomic mass is 9.81. The Labute approximate surface area is 102 Å². The average Bonchev–Trinajstić information content (AvgIpc) is 2.46. The Balaban J connectivity index is 2.56. The molecule has 1 nitrogen and oxygen atoms in total. The lowest BCUT2D eigenvalue weighted by Crippen LogP contribution is -2.26. The number of nitrogens with zero attached hydrogens (tertiary/aromatic N) is 1. The molecule has 0 N–H and O–H groups in total. The quantitative estimate of drug-likeness (QED) is 0.538. The van der Waals surface area contributed by atoms with Gasteiger partial charge in [-0.05, 0) is 19.9 Å². The van der Waals surface area contributed by atoms with E-state index in [1.165, 1.54) is 17.3 Å². The molecule has 1 aliphatic rings. The highest BCUT2D eigenvalue weighted by Crippen LogP contribution is 2.38. The molecule has 0 aliphatic carbocycles. The van der Waals surface area contributed by atoms with Gasteiger partial charge in [0.25, 0.3) is 0 Å². The molecule has 17 heavy (non-hydrogen) atoms. The summed E-state index contributed by atoms with van der Waals surface area (Å²) in [5, 5.41) is 0. The van der Waals surface area contributed by atoms with E-state index in [1.807, 2.05) is 25.3 Å².